The summed E-state index contributed by atoms with van der Waals surface area (Å²) in [6.07, 6.45) is 1.53. The van der Waals surface area contributed by atoms with E-state index in [-0.39, 0.29) is 0 Å². The zero-order chi connectivity index (χ0) is 10.1. The van der Waals surface area contributed by atoms with Crippen LogP contribution in [0.25, 0.3) is 5.82 Å². The molecule has 0 spiro atoms. The third-order valence-corrected chi connectivity index (χ3v) is 2.17. The first kappa shape index (κ1) is 9.08. The summed E-state index contributed by atoms with van der Waals surface area (Å²) in [5.41, 5.74) is 1.94. The molecule has 0 radical (unpaired) electrons. The maximum absolute atomic E-state index is 5.17. The summed E-state index contributed by atoms with van der Waals surface area (Å²) < 4.78 is 2.49. The molecule has 0 unspecified atom stereocenters. The van der Waals surface area contributed by atoms with Gasteiger partial charge >= 0.3 is 0 Å². The van der Waals surface area contributed by atoms with E-state index in [0.29, 0.717) is 0 Å². The van der Waals surface area contributed by atoms with Gasteiger partial charge in [-0.05, 0) is 19.9 Å². The van der Waals surface area contributed by atoms with Gasteiger partial charge in [-0.2, -0.15) is 0 Å². The minimum Gasteiger partial charge on any atom is -0.296 e. The van der Waals surface area contributed by atoms with Crippen molar-refractivity contribution in [1.82, 2.24) is 19.7 Å². The van der Waals surface area contributed by atoms with Crippen molar-refractivity contribution in [3.8, 4) is 5.82 Å². The summed E-state index contributed by atoms with van der Waals surface area (Å²) in [7, 11) is 0. The molecule has 2 aromatic heterocycles. The predicted molar refractivity (Wildman–Crippen MR) is 56.0 cm³/mol. The summed E-state index contributed by atoms with van der Waals surface area (Å²) in [6.45, 7) is 3.88. The Morgan fingerprint density at radius 2 is 2.07 bits per heavy atom. The first-order valence-corrected chi connectivity index (χ1v) is 4.65. The number of nitrogens with zero attached hydrogens (tertiary/aromatic N) is 3. The van der Waals surface area contributed by atoms with Crippen LogP contribution in [0.1, 0.15) is 11.4 Å². The molecule has 5 heteroatoms. The zero-order valence-corrected chi connectivity index (χ0v) is 8.80. The predicted octanol–water partition coefficient (Wildman–Crippen LogP) is 1.94. The van der Waals surface area contributed by atoms with Gasteiger partial charge in [-0.3, -0.25) is 5.10 Å². The van der Waals surface area contributed by atoms with Crippen molar-refractivity contribution in [2.24, 2.45) is 0 Å². The number of hydrogen-bond donors (Lipinski definition) is 1. The fraction of sp³-hybridized carbons (Fsp3) is 0.222. The van der Waals surface area contributed by atoms with Crippen molar-refractivity contribution in [2.75, 3.05) is 0 Å². The second-order valence-electron chi connectivity index (χ2n) is 3.13. The van der Waals surface area contributed by atoms with Crippen LogP contribution in [0.4, 0.5) is 0 Å². The Morgan fingerprint density at radius 3 is 2.64 bits per heavy atom. The van der Waals surface area contributed by atoms with Gasteiger partial charge in [-0.15, -0.1) is 0 Å². The molecule has 0 atom stereocenters. The quantitative estimate of drug-likeness (QED) is 0.725. The lowest BCUT2D eigenvalue weighted by molar-refractivity contribution is 0.813. The Bertz CT molecular complexity index is 512. The van der Waals surface area contributed by atoms with Crippen LogP contribution in [-0.2, 0) is 0 Å². The van der Waals surface area contributed by atoms with Crippen LogP contribution in [0.3, 0.4) is 0 Å². The summed E-state index contributed by atoms with van der Waals surface area (Å²) in [4.78, 5) is 8.17. The number of hydrogen-bond acceptors (Lipinski definition) is 3. The van der Waals surface area contributed by atoms with Gasteiger partial charge in [0.2, 0.25) is 0 Å². The van der Waals surface area contributed by atoms with E-state index in [1.807, 2.05) is 26.0 Å². The van der Waals surface area contributed by atoms with Crippen LogP contribution in [0, 0.1) is 18.5 Å². The highest BCUT2D eigenvalue weighted by molar-refractivity contribution is 7.71. The summed E-state index contributed by atoms with van der Waals surface area (Å²) in [5.74, 6) is 0.774. The average Bonchev–Trinajstić information content (AvgIpc) is 2.45. The Labute approximate surface area is 86.6 Å². The molecule has 0 amide bonds. The van der Waals surface area contributed by atoms with E-state index in [0.717, 1.165) is 21.8 Å². The first-order valence-electron chi connectivity index (χ1n) is 4.24. The number of nitrogens with one attached hydrogen (secondary N) is 1. The Balaban J connectivity index is 2.60. The maximum atomic E-state index is 5.17. The largest absolute Gasteiger partial charge is 0.296 e. The minimum atomic E-state index is 0.723. The highest BCUT2D eigenvalue weighted by atomic mass is 32.1. The second kappa shape index (κ2) is 3.34. The molecule has 0 aromatic carbocycles. The molecule has 2 rings (SSSR count). The summed E-state index contributed by atoms with van der Waals surface area (Å²) in [5, 5.41) is 3.11. The molecule has 1 N–H and O–H groups in total. The van der Waals surface area contributed by atoms with Crippen molar-refractivity contribution >= 4 is 12.2 Å². The van der Waals surface area contributed by atoms with E-state index in [9.17, 15) is 0 Å². The highest BCUT2D eigenvalue weighted by Gasteiger charge is 2.01. The summed E-state index contributed by atoms with van der Waals surface area (Å²) in [6, 6.07) is 3.78. The van der Waals surface area contributed by atoms with Gasteiger partial charge in [0.05, 0.1) is 0 Å². The van der Waals surface area contributed by atoms with Crippen LogP contribution in [-0.4, -0.2) is 19.7 Å². The van der Waals surface area contributed by atoms with Crippen molar-refractivity contribution in [2.45, 2.75) is 13.8 Å². The Morgan fingerprint density at radius 1 is 1.29 bits per heavy atom. The SMILES string of the molecule is Cc1cc(-n2[nH]c(C)cc2=S)ncn1. The summed E-state index contributed by atoms with van der Waals surface area (Å²) >= 11 is 5.17. The molecule has 14 heavy (non-hydrogen) atoms. The lowest BCUT2D eigenvalue weighted by Gasteiger charge is -2.01. The molecule has 0 aliphatic heterocycles. The number of aromatic amines is 1. The van der Waals surface area contributed by atoms with Gasteiger partial charge in [0, 0.05) is 17.5 Å². The molecule has 0 fully saturated rings. The Kier molecular flexibility index (Phi) is 2.17. The van der Waals surface area contributed by atoms with Crippen LogP contribution in [0.5, 0.6) is 0 Å². The Hall–Kier alpha value is -1.49. The van der Waals surface area contributed by atoms with Crippen LogP contribution < -0.4 is 0 Å². The molecule has 0 aliphatic carbocycles. The standard InChI is InChI=1S/C9H10N4S/c1-6-3-8(11-5-10-6)13-9(14)4-7(2)12-13/h3-5,12H,1-2H3. The second-order valence-corrected chi connectivity index (χ2v) is 3.55. The van der Waals surface area contributed by atoms with Crippen LogP contribution in [0.15, 0.2) is 18.5 Å². The lowest BCUT2D eigenvalue weighted by Crippen LogP contribution is -2.00. The molecule has 4 nitrogen and oxygen atoms in total. The van der Waals surface area contributed by atoms with Gasteiger partial charge in [0.1, 0.15) is 11.0 Å². The average molecular weight is 206 g/mol. The molecule has 72 valence electrons. The van der Waals surface area contributed by atoms with Crippen molar-refractivity contribution in [1.29, 1.82) is 0 Å². The number of aryl methyl sites for hydroxylation is 2. The molecular weight excluding hydrogens is 196 g/mol. The zero-order valence-electron chi connectivity index (χ0n) is 7.98. The van der Waals surface area contributed by atoms with E-state index in [1.54, 1.807) is 4.68 Å². The van der Waals surface area contributed by atoms with Gasteiger partial charge in [-0.1, -0.05) is 12.2 Å². The van der Waals surface area contributed by atoms with E-state index < -0.39 is 0 Å². The van der Waals surface area contributed by atoms with Crippen molar-refractivity contribution in [3.63, 3.8) is 0 Å². The maximum Gasteiger partial charge on any atom is 0.156 e. The number of rotatable bonds is 1. The molecule has 0 bridgehead atoms. The highest BCUT2D eigenvalue weighted by Crippen LogP contribution is 2.06. The van der Waals surface area contributed by atoms with Gasteiger partial charge in [0.25, 0.3) is 0 Å². The molecule has 2 heterocycles. The van der Waals surface area contributed by atoms with Crippen molar-refractivity contribution in [3.05, 3.63) is 34.5 Å². The third-order valence-electron chi connectivity index (χ3n) is 1.87. The fourth-order valence-corrected chi connectivity index (χ4v) is 1.56. The van der Waals surface area contributed by atoms with Crippen molar-refractivity contribution < 1.29 is 0 Å². The third kappa shape index (κ3) is 1.58. The van der Waals surface area contributed by atoms with Crippen LogP contribution in [0.2, 0.25) is 0 Å². The molecule has 0 aliphatic rings. The molecule has 2 aromatic rings. The van der Waals surface area contributed by atoms with Gasteiger partial charge in [0.15, 0.2) is 5.82 Å². The van der Waals surface area contributed by atoms with E-state index in [4.69, 9.17) is 12.2 Å². The van der Waals surface area contributed by atoms with Gasteiger partial charge < -0.3 is 0 Å². The van der Waals surface area contributed by atoms with E-state index >= 15 is 0 Å². The monoisotopic (exact) mass is 206 g/mol. The van der Waals surface area contributed by atoms with Gasteiger partial charge in [-0.25, -0.2) is 14.6 Å². The first-order chi connectivity index (χ1) is 6.66. The number of aromatic nitrogens is 4. The van der Waals surface area contributed by atoms with Crippen LogP contribution >= 0.6 is 12.2 Å². The fourth-order valence-electron chi connectivity index (χ4n) is 1.25. The minimum absolute atomic E-state index is 0.723. The number of H-pyrrole nitrogens is 1. The lowest BCUT2D eigenvalue weighted by atomic mass is 10.4. The van der Waals surface area contributed by atoms with E-state index in [2.05, 4.69) is 15.1 Å². The molecule has 0 saturated heterocycles. The molecule has 0 saturated carbocycles. The topological polar surface area (TPSA) is 46.5 Å². The normalized spacial score (nSPS) is 10.4. The molecular formula is C9H10N4S. The van der Waals surface area contributed by atoms with E-state index in [1.165, 1.54) is 6.33 Å². The smallest absolute Gasteiger partial charge is 0.156 e.